The average Bonchev–Trinajstić information content (AvgIpc) is 2.61. The van der Waals surface area contributed by atoms with E-state index in [0.717, 1.165) is 21.2 Å². The minimum atomic E-state index is -0.467. The zero-order chi connectivity index (χ0) is 16.8. The molecule has 0 aliphatic heterocycles. The second-order valence-corrected chi connectivity index (χ2v) is 6.19. The van der Waals surface area contributed by atoms with Crippen molar-refractivity contribution in [1.29, 1.82) is 0 Å². The van der Waals surface area contributed by atoms with Gasteiger partial charge in [0.1, 0.15) is 6.61 Å². The van der Waals surface area contributed by atoms with Gasteiger partial charge in [0.15, 0.2) is 0 Å². The molecule has 0 aromatic heterocycles. The number of benzene rings is 3. The van der Waals surface area contributed by atoms with E-state index in [4.69, 9.17) is 4.74 Å². The zero-order valence-electron chi connectivity index (χ0n) is 12.9. The molecule has 0 bridgehead atoms. The van der Waals surface area contributed by atoms with Crippen LogP contribution in [0.15, 0.2) is 83.3 Å². The van der Waals surface area contributed by atoms with E-state index in [-0.39, 0.29) is 6.61 Å². The summed E-state index contributed by atoms with van der Waals surface area (Å²) in [6, 6.07) is 25.3. The Morgan fingerprint density at radius 1 is 0.875 bits per heavy atom. The number of carbonyl (C=O) groups is 1. The van der Waals surface area contributed by atoms with Crippen molar-refractivity contribution in [2.45, 2.75) is 6.61 Å². The van der Waals surface area contributed by atoms with Gasteiger partial charge in [-0.1, -0.05) is 70.5 Å². The monoisotopic (exact) mass is 381 g/mol. The molecule has 3 rings (SSSR count). The quantitative estimate of drug-likeness (QED) is 0.613. The van der Waals surface area contributed by atoms with Crippen LogP contribution in [0.25, 0.3) is 11.1 Å². The third-order valence-corrected chi connectivity index (χ3v) is 3.97. The van der Waals surface area contributed by atoms with E-state index < -0.39 is 6.09 Å². The molecule has 0 unspecified atom stereocenters. The summed E-state index contributed by atoms with van der Waals surface area (Å²) in [4.78, 5) is 11.9. The van der Waals surface area contributed by atoms with Crippen LogP contribution in [-0.2, 0) is 11.3 Å². The van der Waals surface area contributed by atoms with E-state index in [2.05, 4.69) is 21.2 Å². The highest BCUT2D eigenvalue weighted by Gasteiger charge is 2.05. The van der Waals surface area contributed by atoms with Crippen LogP contribution < -0.4 is 5.32 Å². The highest BCUT2D eigenvalue weighted by molar-refractivity contribution is 9.10. The summed E-state index contributed by atoms with van der Waals surface area (Å²) in [6.07, 6.45) is -0.467. The van der Waals surface area contributed by atoms with Gasteiger partial charge in [-0.25, -0.2) is 4.79 Å². The van der Waals surface area contributed by atoms with Gasteiger partial charge < -0.3 is 4.74 Å². The third-order valence-electron chi connectivity index (χ3n) is 3.48. The smallest absolute Gasteiger partial charge is 0.411 e. The SMILES string of the molecule is O=C(Nc1cccc(-c2cccc(Br)c2)c1)OCc1ccccc1. The Balaban J connectivity index is 1.65. The van der Waals surface area contributed by atoms with Gasteiger partial charge in [-0.2, -0.15) is 0 Å². The minimum Gasteiger partial charge on any atom is -0.444 e. The summed E-state index contributed by atoms with van der Waals surface area (Å²) in [7, 11) is 0. The van der Waals surface area contributed by atoms with Crippen molar-refractivity contribution in [1.82, 2.24) is 0 Å². The molecule has 0 atom stereocenters. The lowest BCUT2D eigenvalue weighted by atomic mass is 10.1. The Hall–Kier alpha value is -2.59. The van der Waals surface area contributed by atoms with Crippen LogP contribution in [0, 0.1) is 0 Å². The molecule has 24 heavy (non-hydrogen) atoms. The number of hydrogen-bond donors (Lipinski definition) is 1. The van der Waals surface area contributed by atoms with Crippen molar-refractivity contribution >= 4 is 27.7 Å². The predicted octanol–water partition coefficient (Wildman–Crippen LogP) is 5.86. The van der Waals surface area contributed by atoms with Crippen molar-refractivity contribution in [3.05, 3.63) is 88.9 Å². The van der Waals surface area contributed by atoms with E-state index in [1.165, 1.54) is 0 Å². The van der Waals surface area contributed by atoms with Gasteiger partial charge in [0.05, 0.1) is 0 Å². The summed E-state index contributed by atoms with van der Waals surface area (Å²) in [5, 5.41) is 2.76. The molecular formula is C20H16BrNO2. The average molecular weight is 382 g/mol. The molecule has 0 aliphatic rings. The van der Waals surface area contributed by atoms with Crippen LogP contribution in [-0.4, -0.2) is 6.09 Å². The molecule has 0 saturated heterocycles. The molecule has 0 radical (unpaired) electrons. The molecule has 3 aromatic rings. The van der Waals surface area contributed by atoms with Crippen molar-refractivity contribution in [3.63, 3.8) is 0 Å². The third kappa shape index (κ3) is 4.46. The highest BCUT2D eigenvalue weighted by atomic mass is 79.9. The zero-order valence-corrected chi connectivity index (χ0v) is 14.5. The number of carbonyl (C=O) groups excluding carboxylic acids is 1. The van der Waals surface area contributed by atoms with E-state index in [1.54, 1.807) is 0 Å². The number of anilines is 1. The molecule has 0 fully saturated rings. The van der Waals surface area contributed by atoms with Crippen LogP contribution in [0.5, 0.6) is 0 Å². The molecule has 0 saturated carbocycles. The van der Waals surface area contributed by atoms with Crippen LogP contribution in [0.3, 0.4) is 0 Å². The van der Waals surface area contributed by atoms with E-state index in [1.807, 2.05) is 78.9 Å². The lowest BCUT2D eigenvalue weighted by molar-refractivity contribution is 0.155. The first-order valence-corrected chi connectivity index (χ1v) is 8.34. The van der Waals surface area contributed by atoms with Crippen molar-refractivity contribution in [2.75, 3.05) is 5.32 Å². The molecular weight excluding hydrogens is 366 g/mol. The van der Waals surface area contributed by atoms with Gasteiger partial charge in [0, 0.05) is 10.2 Å². The topological polar surface area (TPSA) is 38.3 Å². The lowest BCUT2D eigenvalue weighted by Crippen LogP contribution is -2.13. The summed E-state index contributed by atoms with van der Waals surface area (Å²) < 4.78 is 6.25. The first kappa shape index (κ1) is 16.3. The maximum absolute atomic E-state index is 11.9. The number of halogens is 1. The maximum atomic E-state index is 11.9. The Morgan fingerprint density at radius 3 is 2.33 bits per heavy atom. The fourth-order valence-electron chi connectivity index (χ4n) is 2.32. The number of hydrogen-bond acceptors (Lipinski definition) is 2. The second-order valence-electron chi connectivity index (χ2n) is 5.28. The van der Waals surface area contributed by atoms with Crippen molar-refractivity contribution in [2.24, 2.45) is 0 Å². The lowest BCUT2D eigenvalue weighted by Gasteiger charge is -2.09. The predicted molar refractivity (Wildman–Crippen MR) is 99.8 cm³/mol. The van der Waals surface area contributed by atoms with Gasteiger partial charge in [-0.15, -0.1) is 0 Å². The van der Waals surface area contributed by atoms with Crippen LogP contribution in [0.4, 0.5) is 10.5 Å². The van der Waals surface area contributed by atoms with Crippen LogP contribution >= 0.6 is 15.9 Å². The van der Waals surface area contributed by atoms with E-state index in [9.17, 15) is 4.79 Å². The number of nitrogens with one attached hydrogen (secondary N) is 1. The fraction of sp³-hybridized carbons (Fsp3) is 0.0500. The minimum absolute atomic E-state index is 0.248. The molecule has 3 nitrogen and oxygen atoms in total. The summed E-state index contributed by atoms with van der Waals surface area (Å²) in [5.74, 6) is 0. The van der Waals surface area contributed by atoms with Gasteiger partial charge in [-0.3, -0.25) is 5.32 Å². The summed E-state index contributed by atoms with van der Waals surface area (Å²) in [5.41, 5.74) is 3.75. The number of rotatable bonds is 4. The summed E-state index contributed by atoms with van der Waals surface area (Å²) >= 11 is 3.47. The molecule has 4 heteroatoms. The fourth-order valence-corrected chi connectivity index (χ4v) is 2.72. The standard InChI is InChI=1S/C20H16BrNO2/c21-18-10-4-8-16(12-18)17-9-5-11-19(13-17)22-20(23)24-14-15-6-2-1-3-7-15/h1-13H,14H2,(H,22,23). The Bertz CT molecular complexity index is 834. The van der Waals surface area contributed by atoms with Crippen molar-refractivity contribution in [3.8, 4) is 11.1 Å². The maximum Gasteiger partial charge on any atom is 0.411 e. The second kappa shape index (κ2) is 7.79. The molecule has 0 heterocycles. The first-order valence-electron chi connectivity index (χ1n) is 7.54. The highest BCUT2D eigenvalue weighted by Crippen LogP contribution is 2.25. The molecule has 1 N–H and O–H groups in total. The normalized spacial score (nSPS) is 10.2. The molecule has 0 aliphatic carbocycles. The molecule has 1 amide bonds. The number of amides is 1. The van der Waals surface area contributed by atoms with Crippen LogP contribution in [0.1, 0.15) is 5.56 Å². The first-order chi connectivity index (χ1) is 11.7. The van der Waals surface area contributed by atoms with E-state index in [0.29, 0.717) is 5.69 Å². The summed E-state index contributed by atoms with van der Waals surface area (Å²) in [6.45, 7) is 0.248. The van der Waals surface area contributed by atoms with Crippen molar-refractivity contribution < 1.29 is 9.53 Å². The van der Waals surface area contributed by atoms with Gasteiger partial charge in [0.2, 0.25) is 0 Å². The molecule has 120 valence electrons. The van der Waals surface area contributed by atoms with E-state index >= 15 is 0 Å². The van der Waals surface area contributed by atoms with Crippen LogP contribution in [0.2, 0.25) is 0 Å². The van der Waals surface area contributed by atoms with Gasteiger partial charge in [-0.05, 0) is 41.0 Å². The molecule has 0 spiro atoms. The Morgan fingerprint density at radius 2 is 1.58 bits per heavy atom. The Kier molecular flexibility index (Phi) is 5.29. The largest absolute Gasteiger partial charge is 0.444 e. The Labute approximate surface area is 149 Å². The van der Waals surface area contributed by atoms with Gasteiger partial charge >= 0.3 is 6.09 Å². The number of ether oxygens (including phenoxy) is 1. The van der Waals surface area contributed by atoms with Gasteiger partial charge in [0.25, 0.3) is 0 Å². The molecule has 3 aromatic carbocycles.